The van der Waals surface area contributed by atoms with E-state index in [-0.39, 0.29) is 22.2 Å². The molecule has 618 valence electrons. The molecule has 0 spiro atoms. The van der Waals surface area contributed by atoms with E-state index < -0.39 is 98.1 Å². The number of halogens is 22. The van der Waals surface area contributed by atoms with E-state index in [1.54, 1.807) is 71.0 Å². The molecule has 0 bridgehead atoms. The molecule has 0 saturated heterocycles. The monoisotopic (exact) mass is 1690 g/mol. The van der Waals surface area contributed by atoms with Gasteiger partial charge >= 0.3 is 12.4 Å². The summed E-state index contributed by atoms with van der Waals surface area (Å²) in [7, 11) is 0. The summed E-state index contributed by atoms with van der Waals surface area (Å²) in [6.45, 7) is 27.8. The lowest BCUT2D eigenvalue weighted by atomic mass is 10.0. The molecule has 12 aromatic rings. The van der Waals surface area contributed by atoms with Gasteiger partial charge in [0.2, 0.25) is 0 Å². The maximum Gasteiger partial charge on any atom is 0.419 e. The van der Waals surface area contributed by atoms with Crippen molar-refractivity contribution >= 4 is 34.8 Å². The molecule has 0 amide bonds. The highest BCUT2D eigenvalue weighted by Gasteiger charge is 2.34. The van der Waals surface area contributed by atoms with Crippen LogP contribution in [0.15, 0.2) is 218 Å². The van der Waals surface area contributed by atoms with Gasteiger partial charge in [-0.3, -0.25) is 0 Å². The zero-order valence-electron chi connectivity index (χ0n) is 65.9. The Bertz CT molecular complexity index is 4890. The van der Waals surface area contributed by atoms with E-state index in [2.05, 4.69) is 45.9 Å². The lowest BCUT2D eigenvalue weighted by Gasteiger charge is -2.07. The van der Waals surface area contributed by atoms with Crippen LogP contribution < -0.4 is 0 Å². The van der Waals surface area contributed by atoms with Crippen molar-refractivity contribution in [3.8, 4) is 18.2 Å². The highest BCUT2D eigenvalue weighted by atomic mass is 35.5. The van der Waals surface area contributed by atoms with Gasteiger partial charge in [0.1, 0.15) is 69.3 Å². The van der Waals surface area contributed by atoms with Crippen molar-refractivity contribution in [2.24, 2.45) is 0 Å². The summed E-state index contributed by atoms with van der Waals surface area (Å²) >= 11 is 16.2. The Morgan fingerprint density at radius 1 is 0.265 bits per heavy atom. The fraction of sp³-hybridized carbons (Fsp3) is 0.185. The molecule has 25 heteroatoms. The molecule has 0 N–H and O–H groups in total. The van der Waals surface area contributed by atoms with Crippen molar-refractivity contribution in [1.82, 2.24) is 0 Å². The van der Waals surface area contributed by atoms with Gasteiger partial charge in [0, 0.05) is 5.02 Å². The van der Waals surface area contributed by atoms with Crippen LogP contribution in [0.5, 0.6) is 0 Å². The molecular weight excluding hydrogens is 1610 g/mol. The molecule has 0 aromatic heterocycles. The summed E-state index contributed by atoms with van der Waals surface area (Å²) in [6.07, 6.45) is -8.81. The summed E-state index contributed by atoms with van der Waals surface area (Å²) in [5.74, 6) is -10.5. The van der Waals surface area contributed by atoms with E-state index in [1.165, 1.54) is 120 Å². The number of nitriles is 3. The van der Waals surface area contributed by atoms with E-state index in [0.717, 1.165) is 99.1 Å². The van der Waals surface area contributed by atoms with Gasteiger partial charge in [-0.15, -0.1) is 0 Å². The molecule has 0 atom stereocenters. The maximum absolute atomic E-state index is 12.6. The van der Waals surface area contributed by atoms with Crippen LogP contribution in [0, 0.1) is 213 Å². The maximum atomic E-state index is 12.6. The number of benzene rings is 12. The molecule has 0 aliphatic heterocycles. The first-order chi connectivity index (χ1) is 54.4. The highest BCUT2D eigenvalue weighted by Crippen LogP contribution is 2.32. The second-order valence-electron chi connectivity index (χ2n) is 25.7. The smallest absolute Gasteiger partial charge is 0.207 e. The first-order valence-electron chi connectivity index (χ1n) is 34.4. The van der Waals surface area contributed by atoms with Gasteiger partial charge in [-0.1, -0.05) is 148 Å². The molecule has 3 nitrogen and oxygen atoms in total. The SMILES string of the molecule is Cc1cc(C)c(C)c(C)c1.Cc1cc(F)c(C#N)c(F)c1.Cc1cc(F)c(Cl)c(F)c1.Cc1cc(F)c(F)c(F)c1.Cc1ccc(C#N)c(F)c1.Cc1ccc(C#N)cc1.Cc1ccc(C(F)(F)F)c(F)c1.Cc1ccc(C(F)(F)F)cc1.Cc1ccc(Cl)c(F)c1.Cc1ccc(Cl)cc1.Cc1ccc(F)c(F)c1.Cc1ccc(F)cc1. The Labute approximate surface area is 685 Å². The standard InChI is InChI=1S/C10H14.C8H6F4.C8H7F3.C8H5F2N.C8H6FN.C8H7N.C7H5ClF2.C7H6ClF.C7H7Cl.C7H5F3.C7H6F2.C7H7F/c1-7-5-8(2)10(4)9(3)6-7;1-5-2-3-6(7(9)4-5)8(10,11)12;1-6-2-4-7(5-3-6)8(9,10)11;1-5-2-7(9)6(4-11)8(10)3-5;1-6-2-3-7(5-10)8(9)4-6;1-7-2-4-8(6-9)5-3-7;1-4-2-5(9)7(8)6(10)3-4;1-5-2-3-6(8)7(9)4-5;1-6-2-4-7(8)5-3-6;1-4-2-5(8)7(10)6(9)3-4;1-5-2-3-6(8)7(9)4-5;1-6-2-4-7(8)5-3-6/h5-6H,1-4H3;2-4H,1H3;2-5H,1H3;2-3H,1H3;2-4H,1H3;2-5H,1H3;2-3H,1H3;2-4H,1H3;2-5H,1H3;2-3H,1H3;2-4H,1H3;2-5H,1H3. The Morgan fingerprint density at radius 3 is 0.940 bits per heavy atom. The van der Waals surface area contributed by atoms with Crippen LogP contribution in [0.2, 0.25) is 15.1 Å². The van der Waals surface area contributed by atoms with Crippen LogP contribution in [-0.2, 0) is 12.4 Å². The molecule has 0 aliphatic carbocycles. The molecule has 0 fully saturated rings. The van der Waals surface area contributed by atoms with Gasteiger partial charge in [-0.25, -0.2) is 57.1 Å². The molecule has 0 heterocycles. The van der Waals surface area contributed by atoms with Crippen LogP contribution in [0.25, 0.3) is 0 Å². The average molecular weight is 1700 g/mol. The molecule has 0 radical (unpaired) electrons. The average Bonchev–Trinajstić information content (AvgIpc) is 0.838. The van der Waals surface area contributed by atoms with Crippen molar-refractivity contribution in [1.29, 1.82) is 15.8 Å². The van der Waals surface area contributed by atoms with Gasteiger partial charge < -0.3 is 0 Å². The first kappa shape index (κ1) is 104. The number of rotatable bonds is 0. The molecule has 0 saturated carbocycles. The summed E-state index contributed by atoms with van der Waals surface area (Å²) in [6, 6.07) is 58.8. The number of aryl methyl sites for hydroxylation is 14. The van der Waals surface area contributed by atoms with Crippen molar-refractivity contribution in [3.05, 3.63) is 420 Å². The van der Waals surface area contributed by atoms with Crippen LogP contribution in [-0.4, -0.2) is 0 Å². The van der Waals surface area contributed by atoms with Crippen molar-refractivity contribution < 1.29 is 83.4 Å². The minimum atomic E-state index is -4.60. The molecule has 12 aromatic carbocycles. The zero-order valence-corrected chi connectivity index (χ0v) is 68.2. The third-order valence-electron chi connectivity index (χ3n) is 15.0. The lowest BCUT2D eigenvalue weighted by Crippen LogP contribution is -2.07. The second kappa shape index (κ2) is 51.6. The van der Waals surface area contributed by atoms with Crippen molar-refractivity contribution in [2.45, 2.75) is 116 Å². The first-order valence-corrected chi connectivity index (χ1v) is 35.6. The van der Waals surface area contributed by atoms with Crippen LogP contribution in [0.3, 0.4) is 0 Å². The highest BCUT2D eigenvalue weighted by molar-refractivity contribution is 6.31. The largest absolute Gasteiger partial charge is 0.419 e. The summed E-state index contributed by atoms with van der Waals surface area (Å²) in [4.78, 5) is 0. The third-order valence-corrected chi connectivity index (χ3v) is 16.0. The number of nitrogens with zero attached hydrogens (tertiary/aromatic N) is 3. The summed E-state index contributed by atoms with van der Waals surface area (Å²) in [5.41, 5.74) is 12.7. The molecule has 12 rings (SSSR count). The van der Waals surface area contributed by atoms with E-state index >= 15 is 0 Å². The molecule has 0 aliphatic rings. The fourth-order valence-corrected chi connectivity index (χ4v) is 8.98. The summed E-state index contributed by atoms with van der Waals surface area (Å²) < 4.78 is 233. The Kier molecular flexibility index (Phi) is 45.7. The Balaban J connectivity index is 0.000000639. The number of hydrogen-bond donors (Lipinski definition) is 0. The van der Waals surface area contributed by atoms with E-state index in [1.807, 2.05) is 76.2 Å². The van der Waals surface area contributed by atoms with Gasteiger partial charge in [-0.2, -0.15) is 42.1 Å². The Hall–Kier alpha value is -11.4. The van der Waals surface area contributed by atoms with Crippen LogP contribution in [0.4, 0.5) is 83.4 Å². The lowest BCUT2D eigenvalue weighted by molar-refractivity contribution is -0.140. The van der Waals surface area contributed by atoms with Crippen LogP contribution in [0.1, 0.15) is 111 Å². The third kappa shape index (κ3) is 41.7. The van der Waals surface area contributed by atoms with Crippen LogP contribution >= 0.6 is 34.8 Å². The second-order valence-corrected chi connectivity index (χ2v) is 26.9. The Morgan fingerprint density at radius 2 is 0.598 bits per heavy atom. The molecule has 0 unspecified atom stereocenters. The van der Waals surface area contributed by atoms with Crippen molar-refractivity contribution in [3.63, 3.8) is 0 Å². The fourth-order valence-electron chi connectivity index (χ4n) is 8.62. The van der Waals surface area contributed by atoms with Gasteiger partial charge in [-0.05, 0) is 293 Å². The predicted octanol–water partition coefficient (Wildman–Crippen LogP) is 30.3. The number of alkyl halides is 6. The van der Waals surface area contributed by atoms with Gasteiger partial charge in [0.05, 0.1) is 33.3 Å². The van der Waals surface area contributed by atoms with E-state index in [4.69, 9.17) is 50.6 Å². The minimum absolute atomic E-state index is 0.102. The van der Waals surface area contributed by atoms with Crippen molar-refractivity contribution in [2.75, 3.05) is 0 Å². The van der Waals surface area contributed by atoms with E-state index in [9.17, 15) is 83.4 Å². The predicted molar refractivity (Wildman–Crippen MR) is 427 cm³/mol. The van der Waals surface area contributed by atoms with Gasteiger partial charge in [0.25, 0.3) is 0 Å². The minimum Gasteiger partial charge on any atom is -0.207 e. The molecular formula is C92H81Cl3F19N3. The van der Waals surface area contributed by atoms with E-state index in [0.29, 0.717) is 22.3 Å². The topological polar surface area (TPSA) is 71.4 Å². The summed E-state index contributed by atoms with van der Waals surface area (Å²) in [5, 5.41) is 25.5. The normalized spacial score (nSPS) is 9.90. The quantitative estimate of drug-likeness (QED) is 0.112. The molecule has 117 heavy (non-hydrogen) atoms. The number of hydrogen-bond acceptors (Lipinski definition) is 3. The van der Waals surface area contributed by atoms with Gasteiger partial charge in [0.15, 0.2) is 29.1 Å². The zero-order chi connectivity index (χ0) is 89.4.